The van der Waals surface area contributed by atoms with Crippen LogP contribution in [0.1, 0.15) is 30.0 Å². The molecule has 0 bridgehead atoms. The van der Waals surface area contributed by atoms with Crippen LogP contribution in [0.25, 0.3) is 0 Å². The van der Waals surface area contributed by atoms with Crippen LogP contribution >= 0.6 is 0 Å². The van der Waals surface area contributed by atoms with Gasteiger partial charge in [0.05, 0.1) is 21.3 Å². The molecule has 2 aromatic carbocycles. The van der Waals surface area contributed by atoms with Crippen molar-refractivity contribution in [3.63, 3.8) is 0 Å². The molecule has 0 saturated carbocycles. The number of likely N-dealkylation sites (tertiary alicyclic amines) is 1. The summed E-state index contributed by atoms with van der Waals surface area (Å²) in [4.78, 5) is 2.52. The Labute approximate surface area is 144 Å². The van der Waals surface area contributed by atoms with Gasteiger partial charge in [-0.3, -0.25) is 4.90 Å². The summed E-state index contributed by atoms with van der Waals surface area (Å²) in [6, 6.07) is 15.0. The molecular weight excluding hydrogens is 302 g/mol. The minimum Gasteiger partial charge on any atom is -0.497 e. The van der Waals surface area contributed by atoms with Gasteiger partial charge in [0.25, 0.3) is 0 Å². The summed E-state index contributed by atoms with van der Waals surface area (Å²) in [7, 11) is 5.08. The lowest BCUT2D eigenvalue weighted by Crippen LogP contribution is -2.22. The van der Waals surface area contributed by atoms with Crippen molar-refractivity contribution >= 4 is 0 Å². The Morgan fingerprint density at radius 1 is 0.875 bits per heavy atom. The Morgan fingerprint density at radius 2 is 1.50 bits per heavy atom. The highest BCUT2D eigenvalue weighted by Crippen LogP contribution is 2.35. The van der Waals surface area contributed by atoms with Gasteiger partial charge in [-0.15, -0.1) is 0 Å². The van der Waals surface area contributed by atoms with Crippen LogP contribution in [0.4, 0.5) is 0 Å². The number of nitrogens with zero attached hydrogens (tertiary/aromatic N) is 1. The monoisotopic (exact) mass is 327 g/mol. The van der Waals surface area contributed by atoms with E-state index in [4.69, 9.17) is 14.2 Å². The Kier molecular flexibility index (Phi) is 5.26. The molecule has 1 aliphatic rings. The molecule has 3 rings (SSSR count). The maximum absolute atomic E-state index is 5.39. The first-order valence-corrected chi connectivity index (χ1v) is 8.33. The van der Waals surface area contributed by atoms with Gasteiger partial charge in [0.1, 0.15) is 17.2 Å². The van der Waals surface area contributed by atoms with Gasteiger partial charge < -0.3 is 14.2 Å². The highest BCUT2D eigenvalue weighted by molar-refractivity contribution is 5.38. The number of rotatable bonds is 6. The van der Waals surface area contributed by atoms with Crippen molar-refractivity contribution in [2.75, 3.05) is 27.9 Å². The Morgan fingerprint density at radius 3 is 2.08 bits per heavy atom. The molecule has 1 heterocycles. The third-order valence-corrected chi connectivity index (χ3v) is 4.66. The van der Waals surface area contributed by atoms with E-state index in [0.29, 0.717) is 6.04 Å². The molecule has 1 atom stereocenters. The first-order valence-electron chi connectivity index (χ1n) is 8.33. The van der Waals surface area contributed by atoms with Gasteiger partial charge in [-0.2, -0.15) is 0 Å². The van der Waals surface area contributed by atoms with Crippen LogP contribution in [0, 0.1) is 0 Å². The molecule has 128 valence electrons. The predicted octanol–water partition coefficient (Wildman–Crippen LogP) is 4.05. The maximum atomic E-state index is 5.39. The Balaban J connectivity index is 1.78. The molecule has 0 radical (unpaired) electrons. The van der Waals surface area contributed by atoms with E-state index in [1.807, 2.05) is 18.2 Å². The molecule has 4 nitrogen and oxygen atoms in total. The standard InChI is InChI=1S/C20H25NO3/c1-22-17-8-6-16(7-9-17)20-5-4-10-21(20)14-15-11-18(23-2)13-19(12-15)24-3/h6-9,11-13,20H,4-5,10,14H2,1-3H3/t20-/m0/s1. The van der Waals surface area contributed by atoms with Crippen LogP contribution in [0.15, 0.2) is 42.5 Å². The summed E-state index contributed by atoms with van der Waals surface area (Å²) < 4.78 is 16.0. The number of ether oxygens (including phenoxy) is 3. The fraction of sp³-hybridized carbons (Fsp3) is 0.400. The molecule has 2 aromatic rings. The molecule has 0 unspecified atom stereocenters. The summed E-state index contributed by atoms with van der Waals surface area (Å²) in [5.41, 5.74) is 2.56. The first kappa shape index (κ1) is 16.7. The average molecular weight is 327 g/mol. The van der Waals surface area contributed by atoms with Crippen molar-refractivity contribution in [2.24, 2.45) is 0 Å². The molecule has 0 spiro atoms. The summed E-state index contributed by atoms with van der Waals surface area (Å²) in [5.74, 6) is 2.58. The molecule has 1 aliphatic heterocycles. The second kappa shape index (κ2) is 7.58. The molecule has 0 N–H and O–H groups in total. The smallest absolute Gasteiger partial charge is 0.122 e. The zero-order valence-corrected chi connectivity index (χ0v) is 14.6. The van der Waals surface area contributed by atoms with E-state index in [0.717, 1.165) is 30.3 Å². The van der Waals surface area contributed by atoms with Crippen molar-refractivity contribution in [3.05, 3.63) is 53.6 Å². The molecule has 1 fully saturated rings. The van der Waals surface area contributed by atoms with E-state index in [9.17, 15) is 0 Å². The molecule has 0 aromatic heterocycles. The number of benzene rings is 2. The van der Waals surface area contributed by atoms with Crippen LogP contribution in [-0.4, -0.2) is 32.8 Å². The highest BCUT2D eigenvalue weighted by Gasteiger charge is 2.26. The van der Waals surface area contributed by atoms with Gasteiger partial charge in [-0.1, -0.05) is 12.1 Å². The topological polar surface area (TPSA) is 30.9 Å². The van der Waals surface area contributed by atoms with Gasteiger partial charge in [0.2, 0.25) is 0 Å². The predicted molar refractivity (Wildman–Crippen MR) is 94.9 cm³/mol. The third kappa shape index (κ3) is 3.65. The maximum Gasteiger partial charge on any atom is 0.122 e. The molecule has 0 aliphatic carbocycles. The first-order chi connectivity index (χ1) is 11.7. The van der Waals surface area contributed by atoms with E-state index in [1.165, 1.54) is 24.0 Å². The second-order valence-electron chi connectivity index (χ2n) is 6.12. The SMILES string of the molecule is COc1ccc([C@@H]2CCCN2Cc2cc(OC)cc(OC)c2)cc1. The summed E-state index contributed by atoms with van der Waals surface area (Å²) in [6.07, 6.45) is 2.41. The van der Waals surface area contributed by atoms with E-state index < -0.39 is 0 Å². The lowest BCUT2D eigenvalue weighted by Gasteiger charge is -2.25. The second-order valence-corrected chi connectivity index (χ2v) is 6.12. The van der Waals surface area contributed by atoms with Gasteiger partial charge in [0, 0.05) is 18.7 Å². The minimum atomic E-state index is 0.452. The zero-order chi connectivity index (χ0) is 16.9. The van der Waals surface area contributed by atoms with E-state index in [2.05, 4.69) is 29.2 Å². The van der Waals surface area contributed by atoms with Crippen molar-refractivity contribution in [3.8, 4) is 17.2 Å². The van der Waals surface area contributed by atoms with Crippen molar-refractivity contribution < 1.29 is 14.2 Å². The van der Waals surface area contributed by atoms with Gasteiger partial charge in [-0.05, 0) is 54.8 Å². The Hall–Kier alpha value is -2.20. The number of hydrogen-bond donors (Lipinski definition) is 0. The molecule has 0 amide bonds. The largest absolute Gasteiger partial charge is 0.497 e. The van der Waals surface area contributed by atoms with Crippen LogP contribution in [0.5, 0.6) is 17.2 Å². The normalized spacial score (nSPS) is 17.7. The van der Waals surface area contributed by atoms with Crippen LogP contribution in [0.3, 0.4) is 0 Å². The van der Waals surface area contributed by atoms with E-state index >= 15 is 0 Å². The highest BCUT2D eigenvalue weighted by atomic mass is 16.5. The van der Waals surface area contributed by atoms with Crippen molar-refractivity contribution in [1.29, 1.82) is 0 Å². The zero-order valence-electron chi connectivity index (χ0n) is 14.6. The number of hydrogen-bond acceptors (Lipinski definition) is 4. The van der Waals surface area contributed by atoms with Crippen molar-refractivity contribution in [2.45, 2.75) is 25.4 Å². The minimum absolute atomic E-state index is 0.452. The van der Waals surface area contributed by atoms with Gasteiger partial charge in [-0.25, -0.2) is 0 Å². The van der Waals surface area contributed by atoms with Crippen LogP contribution in [0.2, 0.25) is 0 Å². The van der Waals surface area contributed by atoms with E-state index in [1.54, 1.807) is 21.3 Å². The van der Waals surface area contributed by atoms with Gasteiger partial charge in [0.15, 0.2) is 0 Å². The van der Waals surface area contributed by atoms with Crippen LogP contribution < -0.4 is 14.2 Å². The van der Waals surface area contributed by atoms with Gasteiger partial charge >= 0.3 is 0 Å². The summed E-state index contributed by atoms with van der Waals surface area (Å²) in [5, 5.41) is 0. The molecule has 4 heteroatoms. The molecule has 24 heavy (non-hydrogen) atoms. The van der Waals surface area contributed by atoms with E-state index in [-0.39, 0.29) is 0 Å². The van der Waals surface area contributed by atoms with Crippen LogP contribution in [-0.2, 0) is 6.54 Å². The fourth-order valence-electron chi connectivity index (χ4n) is 3.41. The van der Waals surface area contributed by atoms with Crippen molar-refractivity contribution in [1.82, 2.24) is 4.90 Å². The number of methoxy groups -OCH3 is 3. The fourth-order valence-corrected chi connectivity index (χ4v) is 3.41. The molecule has 1 saturated heterocycles. The quantitative estimate of drug-likeness (QED) is 0.801. The summed E-state index contributed by atoms with van der Waals surface area (Å²) >= 11 is 0. The Bertz CT molecular complexity index is 647. The average Bonchev–Trinajstić information content (AvgIpc) is 3.09. The molecular formula is C20H25NO3. The lowest BCUT2D eigenvalue weighted by molar-refractivity contribution is 0.247. The third-order valence-electron chi connectivity index (χ3n) is 4.66. The lowest BCUT2D eigenvalue weighted by atomic mass is 10.0. The summed E-state index contributed by atoms with van der Waals surface area (Å²) in [6.45, 7) is 2.00.